The molecule has 0 amide bonds. The average Bonchev–Trinajstić information content (AvgIpc) is 2.92. The number of carbonyl (C=O) groups excluding carboxylic acids is 5. The smallest absolute Gasteiger partial charge is 0.348 e. The molecule has 14 heteroatoms. The lowest BCUT2D eigenvalue weighted by Crippen LogP contribution is -2.54. The van der Waals surface area contributed by atoms with Crippen molar-refractivity contribution < 1.29 is 67.3 Å². The predicted molar refractivity (Wildman–Crippen MR) is 141 cm³/mol. The van der Waals surface area contributed by atoms with Crippen LogP contribution >= 0.6 is 0 Å². The van der Waals surface area contributed by atoms with Gasteiger partial charge in [-0.25, -0.2) is 19.2 Å². The Morgan fingerprint density at radius 3 is 2.00 bits per heavy atom. The summed E-state index contributed by atoms with van der Waals surface area (Å²) < 4.78 is 37.1. The van der Waals surface area contributed by atoms with Crippen molar-refractivity contribution in [3.8, 4) is 0 Å². The van der Waals surface area contributed by atoms with Crippen LogP contribution in [0.4, 0.5) is 0 Å². The van der Waals surface area contributed by atoms with Gasteiger partial charge in [-0.3, -0.25) is 4.79 Å². The van der Waals surface area contributed by atoms with Crippen LogP contribution in [0.25, 0.3) is 0 Å². The van der Waals surface area contributed by atoms with Crippen LogP contribution in [0.5, 0.6) is 0 Å². The second kappa shape index (κ2) is 11.9. The van der Waals surface area contributed by atoms with Crippen LogP contribution in [0.3, 0.4) is 0 Å². The van der Waals surface area contributed by atoms with Gasteiger partial charge in [0.15, 0.2) is 0 Å². The molecule has 1 atom stereocenters. The monoisotopic (exact) mass is 604 g/mol. The molecule has 43 heavy (non-hydrogen) atoms. The first-order valence-corrected chi connectivity index (χ1v) is 13.6. The number of esters is 5. The Bertz CT molecular complexity index is 1360. The van der Waals surface area contributed by atoms with E-state index in [9.17, 15) is 34.2 Å². The summed E-state index contributed by atoms with van der Waals surface area (Å²) in [6.07, 6.45) is 5.02. The van der Waals surface area contributed by atoms with Crippen molar-refractivity contribution in [2.45, 2.75) is 83.6 Å². The average molecular weight is 605 g/mol. The Labute approximate surface area is 246 Å². The second-order valence-electron chi connectivity index (χ2n) is 10.5. The standard InChI is InChI=1S/C29H32O14/c1-5-37-20(30)10-11-27(4)38-23(33)18(24(34)39-27)8-6-16(2)7-9-19-25(35)42-29(43-26(19)36)14-12-28(13-15-29)40-21(31)17(3)22(32)41-28/h6-9,31,33H,5,10-15H2,1-4H3/b8-6+,16-7+,19-9?. The number of cyclic esters (lactones) is 1. The molecular formula is C29H32O14. The van der Waals surface area contributed by atoms with Crippen LogP contribution in [0.1, 0.15) is 66.2 Å². The second-order valence-corrected chi connectivity index (χ2v) is 10.5. The molecule has 0 aromatic carbocycles. The van der Waals surface area contributed by atoms with Gasteiger partial charge in [0.1, 0.15) is 16.7 Å². The van der Waals surface area contributed by atoms with Crippen LogP contribution in [0.2, 0.25) is 0 Å². The zero-order chi connectivity index (χ0) is 31.6. The van der Waals surface area contributed by atoms with E-state index < -0.39 is 59.1 Å². The van der Waals surface area contributed by atoms with Gasteiger partial charge < -0.3 is 43.4 Å². The minimum atomic E-state index is -1.58. The third kappa shape index (κ3) is 6.84. The van der Waals surface area contributed by atoms with Crippen molar-refractivity contribution in [2.75, 3.05) is 6.61 Å². The zero-order valence-electron chi connectivity index (χ0n) is 24.1. The molecule has 3 heterocycles. The minimum absolute atomic E-state index is 0.00110. The van der Waals surface area contributed by atoms with E-state index in [2.05, 4.69) is 0 Å². The van der Waals surface area contributed by atoms with Gasteiger partial charge in [-0.05, 0) is 32.9 Å². The lowest BCUT2D eigenvalue weighted by Gasteiger charge is -2.46. The van der Waals surface area contributed by atoms with Crippen LogP contribution in [-0.2, 0) is 57.1 Å². The fraction of sp³-hybridized carbons (Fsp3) is 0.483. The third-order valence-corrected chi connectivity index (χ3v) is 7.15. The summed E-state index contributed by atoms with van der Waals surface area (Å²) >= 11 is 0. The van der Waals surface area contributed by atoms with Crippen LogP contribution in [-0.4, -0.2) is 64.0 Å². The molecule has 0 aromatic heterocycles. The Morgan fingerprint density at radius 2 is 1.44 bits per heavy atom. The van der Waals surface area contributed by atoms with Crippen molar-refractivity contribution >= 4 is 29.8 Å². The fourth-order valence-corrected chi connectivity index (χ4v) is 4.62. The number of hydrogen-bond acceptors (Lipinski definition) is 14. The topological polar surface area (TPSA) is 190 Å². The summed E-state index contributed by atoms with van der Waals surface area (Å²) in [5.74, 6) is -9.80. The van der Waals surface area contributed by atoms with Gasteiger partial charge >= 0.3 is 29.8 Å². The SMILES string of the molecule is CCOC(=O)CCC1(C)OC(=O)C(/C=C/C(C)=C/C=C2C(=O)OC3(CCC4(CC3)OC(=O)C(C)=C(O)O4)OC2=O)=C(O)O1. The fourth-order valence-electron chi connectivity index (χ4n) is 4.62. The highest BCUT2D eigenvalue weighted by Gasteiger charge is 2.55. The summed E-state index contributed by atoms with van der Waals surface area (Å²) in [7, 11) is 0. The molecule has 1 saturated carbocycles. The molecule has 4 rings (SSSR count). The van der Waals surface area contributed by atoms with Crippen molar-refractivity contribution in [1.82, 2.24) is 0 Å². The van der Waals surface area contributed by atoms with Gasteiger partial charge in [0, 0.05) is 39.0 Å². The number of ether oxygens (including phenoxy) is 7. The molecule has 0 aromatic rings. The maximum Gasteiger partial charge on any atom is 0.348 e. The number of aliphatic hydroxyl groups excluding tert-OH is 2. The molecule has 14 nitrogen and oxygen atoms in total. The Hall–Kier alpha value is -4.75. The van der Waals surface area contributed by atoms with Gasteiger partial charge in [0.05, 0.1) is 13.0 Å². The van der Waals surface area contributed by atoms with Gasteiger partial charge in [0.2, 0.25) is 0 Å². The van der Waals surface area contributed by atoms with Crippen LogP contribution in [0.15, 0.2) is 58.5 Å². The summed E-state index contributed by atoms with van der Waals surface area (Å²) in [6.45, 7) is 6.21. The van der Waals surface area contributed by atoms with Crippen molar-refractivity contribution in [2.24, 2.45) is 0 Å². The number of allylic oxidation sites excluding steroid dienone is 4. The highest BCUT2D eigenvalue weighted by molar-refractivity contribution is 6.15. The maximum atomic E-state index is 12.7. The molecular weight excluding hydrogens is 572 g/mol. The molecule has 4 aliphatic rings. The summed E-state index contributed by atoms with van der Waals surface area (Å²) in [5, 5.41) is 20.2. The molecule has 0 bridgehead atoms. The summed E-state index contributed by atoms with van der Waals surface area (Å²) in [6, 6.07) is 0. The molecule has 232 valence electrons. The van der Waals surface area contributed by atoms with Gasteiger partial charge in [0.25, 0.3) is 29.3 Å². The lowest BCUT2D eigenvalue weighted by molar-refractivity contribution is -0.297. The number of rotatable bonds is 7. The molecule has 1 unspecified atom stereocenters. The van der Waals surface area contributed by atoms with Crippen molar-refractivity contribution in [3.05, 3.63) is 58.5 Å². The third-order valence-electron chi connectivity index (χ3n) is 7.15. The van der Waals surface area contributed by atoms with Crippen LogP contribution < -0.4 is 0 Å². The number of aliphatic hydroxyl groups is 2. The Kier molecular flexibility index (Phi) is 8.60. The van der Waals surface area contributed by atoms with Gasteiger partial charge in [-0.1, -0.05) is 17.7 Å². The largest absolute Gasteiger partial charge is 0.481 e. The molecule has 1 saturated heterocycles. The highest BCUT2D eigenvalue weighted by Crippen LogP contribution is 2.45. The first-order chi connectivity index (χ1) is 20.2. The maximum absolute atomic E-state index is 12.7. The lowest BCUT2D eigenvalue weighted by atomic mass is 9.87. The summed E-state index contributed by atoms with van der Waals surface area (Å²) in [4.78, 5) is 61.6. The Balaban J connectivity index is 1.37. The molecule has 2 fully saturated rings. The molecule has 2 spiro atoms. The predicted octanol–water partition coefficient (Wildman–Crippen LogP) is 3.25. The number of hydrogen-bond donors (Lipinski definition) is 2. The zero-order valence-corrected chi connectivity index (χ0v) is 24.1. The van der Waals surface area contributed by atoms with E-state index in [0.717, 1.165) is 0 Å². The molecule has 2 N–H and O–H groups in total. The van der Waals surface area contributed by atoms with E-state index in [0.29, 0.717) is 5.57 Å². The first kappa shape index (κ1) is 31.2. The normalized spacial score (nSPS) is 29.6. The molecule has 0 radical (unpaired) electrons. The van der Waals surface area contributed by atoms with Crippen molar-refractivity contribution in [3.63, 3.8) is 0 Å². The molecule has 3 aliphatic heterocycles. The van der Waals surface area contributed by atoms with E-state index in [1.165, 1.54) is 38.2 Å². The first-order valence-electron chi connectivity index (χ1n) is 13.6. The van der Waals surface area contributed by atoms with Crippen LogP contribution in [0, 0.1) is 0 Å². The Morgan fingerprint density at radius 1 is 0.860 bits per heavy atom. The molecule has 1 aliphatic carbocycles. The van der Waals surface area contributed by atoms with E-state index in [4.69, 9.17) is 33.2 Å². The summed E-state index contributed by atoms with van der Waals surface area (Å²) in [5.41, 5.74) is -0.277. The van der Waals surface area contributed by atoms with E-state index in [1.807, 2.05) is 0 Å². The van der Waals surface area contributed by atoms with E-state index in [-0.39, 0.29) is 61.9 Å². The quantitative estimate of drug-likeness (QED) is 0.141. The van der Waals surface area contributed by atoms with E-state index >= 15 is 0 Å². The highest BCUT2D eigenvalue weighted by atomic mass is 16.8. The van der Waals surface area contributed by atoms with Gasteiger partial charge in [-0.2, -0.15) is 0 Å². The van der Waals surface area contributed by atoms with Crippen molar-refractivity contribution in [1.29, 1.82) is 0 Å². The van der Waals surface area contributed by atoms with Gasteiger partial charge in [-0.15, -0.1) is 0 Å². The minimum Gasteiger partial charge on any atom is -0.481 e. The number of carbonyl (C=O) groups is 5. The van der Waals surface area contributed by atoms with E-state index in [1.54, 1.807) is 13.8 Å².